The van der Waals surface area contributed by atoms with Gasteiger partial charge >= 0.3 is 0 Å². The molecule has 7 nitrogen and oxygen atoms in total. The lowest BCUT2D eigenvalue weighted by atomic mass is 10.1. The Balaban J connectivity index is 1.72. The van der Waals surface area contributed by atoms with E-state index in [1.807, 2.05) is 6.07 Å². The predicted molar refractivity (Wildman–Crippen MR) is 92.9 cm³/mol. The maximum atomic E-state index is 12.6. The molecule has 4 rings (SSSR count). The number of hydrogen-bond donors (Lipinski definition) is 2. The quantitative estimate of drug-likeness (QED) is 0.559. The molecule has 0 saturated carbocycles. The van der Waals surface area contributed by atoms with E-state index in [1.54, 1.807) is 36.5 Å². The summed E-state index contributed by atoms with van der Waals surface area (Å²) in [6, 6.07) is 10.7. The Morgan fingerprint density at radius 3 is 2.96 bits per heavy atom. The minimum atomic E-state index is -0.752. The Labute approximate surface area is 142 Å². The highest BCUT2D eigenvalue weighted by molar-refractivity contribution is 6.03. The minimum Gasteiger partial charge on any atom is -0.506 e. The third kappa shape index (κ3) is 2.46. The fraction of sp³-hybridized carbons (Fsp3) is 0.111. The molecular formula is C18H14N4O3. The summed E-state index contributed by atoms with van der Waals surface area (Å²) in [6.45, 7) is 0.493. The fourth-order valence-electron chi connectivity index (χ4n) is 3.09. The summed E-state index contributed by atoms with van der Waals surface area (Å²) < 4.78 is 1.53. The Hall–Kier alpha value is -3.48. The first kappa shape index (κ1) is 15.1. The van der Waals surface area contributed by atoms with Gasteiger partial charge in [-0.3, -0.25) is 14.6 Å². The highest BCUT2D eigenvalue weighted by atomic mass is 16.3. The zero-order valence-electron chi connectivity index (χ0n) is 13.1. The number of hydrazone groups is 1. The lowest BCUT2D eigenvalue weighted by Gasteiger charge is -2.10. The maximum absolute atomic E-state index is 12.6. The van der Waals surface area contributed by atoms with Gasteiger partial charge in [0.15, 0.2) is 0 Å². The molecule has 2 N–H and O–H groups in total. The van der Waals surface area contributed by atoms with Crippen molar-refractivity contribution in [1.29, 1.82) is 0 Å². The molecule has 0 bridgehead atoms. The van der Waals surface area contributed by atoms with E-state index < -0.39 is 11.5 Å². The van der Waals surface area contributed by atoms with Gasteiger partial charge in [-0.1, -0.05) is 18.2 Å². The van der Waals surface area contributed by atoms with Crippen LogP contribution in [-0.4, -0.2) is 26.8 Å². The van der Waals surface area contributed by atoms with Gasteiger partial charge in [0.25, 0.3) is 11.5 Å². The molecule has 0 atom stereocenters. The van der Waals surface area contributed by atoms with Crippen molar-refractivity contribution in [2.75, 3.05) is 0 Å². The van der Waals surface area contributed by atoms with Crippen molar-refractivity contribution in [3.63, 3.8) is 0 Å². The van der Waals surface area contributed by atoms with Crippen LogP contribution in [0.2, 0.25) is 0 Å². The van der Waals surface area contributed by atoms with Crippen LogP contribution in [0.3, 0.4) is 0 Å². The summed E-state index contributed by atoms with van der Waals surface area (Å²) in [5, 5.41) is 14.8. The number of aromatic nitrogens is 2. The molecule has 1 aromatic carbocycles. The van der Waals surface area contributed by atoms with Gasteiger partial charge in [-0.15, -0.1) is 0 Å². The minimum absolute atomic E-state index is 0.301. The molecule has 0 aliphatic carbocycles. The Morgan fingerprint density at radius 2 is 2.16 bits per heavy atom. The van der Waals surface area contributed by atoms with Gasteiger partial charge in [-0.05, 0) is 30.2 Å². The molecule has 0 radical (unpaired) electrons. The van der Waals surface area contributed by atoms with Crippen LogP contribution in [0.15, 0.2) is 52.5 Å². The number of aromatic hydroxyl groups is 1. The lowest BCUT2D eigenvalue weighted by molar-refractivity contribution is 0.0950. The van der Waals surface area contributed by atoms with E-state index in [0.29, 0.717) is 29.6 Å². The zero-order valence-corrected chi connectivity index (χ0v) is 13.1. The average Bonchev–Trinajstić information content (AvgIpc) is 3.06. The maximum Gasteiger partial charge on any atom is 0.280 e. The van der Waals surface area contributed by atoms with Crippen LogP contribution in [0.4, 0.5) is 0 Å². The lowest BCUT2D eigenvalue weighted by Crippen LogP contribution is -2.30. The zero-order chi connectivity index (χ0) is 17.4. The van der Waals surface area contributed by atoms with E-state index in [0.717, 1.165) is 5.56 Å². The Kier molecular flexibility index (Phi) is 3.53. The van der Waals surface area contributed by atoms with E-state index in [-0.39, 0.29) is 11.3 Å². The molecular weight excluding hydrogens is 320 g/mol. The highest BCUT2D eigenvalue weighted by Crippen LogP contribution is 2.31. The van der Waals surface area contributed by atoms with Crippen molar-refractivity contribution in [3.8, 4) is 5.75 Å². The highest BCUT2D eigenvalue weighted by Gasteiger charge is 2.25. The van der Waals surface area contributed by atoms with Crippen LogP contribution in [0.25, 0.3) is 10.9 Å². The van der Waals surface area contributed by atoms with Crippen molar-refractivity contribution < 1.29 is 9.90 Å². The first-order valence-electron chi connectivity index (χ1n) is 7.78. The van der Waals surface area contributed by atoms with Gasteiger partial charge in [-0.2, -0.15) is 5.10 Å². The molecule has 3 heterocycles. The number of carbonyl (C=O) groups is 1. The number of nitrogens with one attached hydrogen (secondary N) is 1. The van der Waals surface area contributed by atoms with Crippen LogP contribution in [-0.2, 0) is 13.0 Å². The summed E-state index contributed by atoms with van der Waals surface area (Å²) >= 11 is 0. The third-order valence-electron chi connectivity index (χ3n) is 4.22. The van der Waals surface area contributed by atoms with Crippen LogP contribution in [0.1, 0.15) is 21.6 Å². The molecule has 3 aromatic rings. The predicted octanol–water partition coefficient (Wildman–Crippen LogP) is 1.42. The Bertz CT molecular complexity index is 1070. The normalized spacial score (nSPS) is 12.8. The van der Waals surface area contributed by atoms with E-state index >= 15 is 0 Å². The number of para-hydroxylation sites is 1. The van der Waals surface area contributed by atoms with Crippen molar-refractivity contribution in [3.05, 3.63) is 69.8 Å². The van der Waals surface area contributed by atoms with Crippen LogP contribution < -0.4 is 11.0 Å². The van der Waals surface area contributed by atoms with E-state index in [1.165, 1.54) is 10.8 Å². The van der Waals surface area contributed by atoms with E-state index in [2.05, 4.69) is 15.5 Å². The summed E-state index contributed by atoms with van der Waals surface area (Å²) in [6.07, 6.45) is 3.67. The molecule has 0 unspecified atom stereocenters. The molecule has 0 fully saturated rings. The monoisotopic (exact) mass is 334 g/mol. The second-order valence-corrected chi connectivity index (χ2v) is 5.70. The molecule has 1 aliphatic heterocycles. The van der Waals surface area contributed by atoms with Crippen molar-refractivity contribution in [2.24, 2.45) is 5.10 Å². The molecule has 124 valence electrons. The number of pyridine rings is 2. The standard InChI is InChI=1S/C18H14N4O3/c23-16-13-6-3-4-11-7-9-22(15(11)13)18(25)14(16)17(24)21-20-10-12-5-1-2-8-19-12/h1-6,8,10,23H,7,9H2,(H,21,24)/b20-10-. The summed E-state index contributed by atoms with van der Waals surface area (Å²) in [7, 11) is 0. The van der Waals surface area contributed by atoms with Gasteiger partial charge in [0.1, 0.15) is 11.3 Å². The smallest absolute Gasteiger partial charge is 0.280 e. The van der Waals surface area contributed by atoms with Gasteiger partial charge in [0, 0.05) is 18.1 Å². The molecule has 1 amide bonds. The van der Waals surface area contributed by atoms with Gasteiger partial charge in [0.05, 0.1) is 17.4 Å². The van der Waals surface area contributed by atoms with Crippen molar-refractivity contribution >= 4 is 23.0 Å². The van der Waals surface area contributed by atoms with Gasteiger partial charge in [0.2, 0.25) is 0 Å². The first-order chi connectivity index (χ1) is 12.2. The van der Waals surface area contributed by atoms with Crippen LogP contribution in [0, 0.1) is 0 Å². The molecule has 0 spiro atoms. The van der Waals surface area contributed by atoms with E-state index in [9.17, 15) is 14.7 Å². The first-order valence-corrected chi connectivity index (χ1v) is 7.78. The number of rotatable bonds is 3. The number of nitrogens with zero attached hydrogens (tertiary/aromatic N) is 3. The summed E-state index contributed by atoms with van der Waals surface area (Å²) in [4.78, 5) is 29.1. The van der Waals surface area contributed by atoms with Crippen molar-refractivity contribution in [2.45, 2.75) is 13.0 Å². The topological polar surface area (TPSA) is 96.6 Å². The third-order valence-corrected chi connectivity index (χ3v) is 4.22. The average molecular weight is 334 g/mol. The van der Waals surface area contributed by atoms with Gasteiger partial charge < -0.3 is 9.67 Å². The number of hydrogen-bond acceptors (Lipinski definition) is 5. The largest absolute Gasteiger partial charge is 0.506 e. The Morgan fingerprint density at radius 1 is 1.28 bits per heavy atom. The van der Waals surface area contributed by atoms with Crippen LogP contribution in [0.5, 0.6) is 5.75 Å². The number of aryl methyl sites for hydroxylation is 2. The van der Waals surface area contributed by atoms with Crippen LogP contribution >= 0.6 is 0 Å². The summed E-state index contributed by atoms with van der Waals surface area (Å²) in [5.41, 5.74) is 3.71. The summed E-state index contributed by atoms with van der Waals surface area (Å²) in [5.74, 6) is -1.07. The second kappa shape index (κ2) is 5.86. The molecule has 0 saturated heterocycles. The molecule has 2 aromatic heterocycles. The number of amides is 1. The molecule has 1 aliphatic rings. The number of benzene rings is 1. The van der Waals surface area contributed by atoms with Gasteiger partial charge in [-0.25, -0.2) is 5.43 Å². The molecule has 7 heteroatoms. The second-order valence-electron chi connectivity index (χ2n) is 5.70. The fourth-order valence-corrected chi connectivity index (χ4v) is 3.09. The van der Waals surface area contributed by atoms with E-state index in [4.69, 9.17) is 0 Å². The number of carbonyl (C=O) groups excluding carboxylic acids is 1. The molecule has 25 heavy (non-hydrogen) atoms. The van der Waals surface area contributed by atoms with Crippen molar-refractivity contribution in [1.82, 2.24) is 15.0 Å². The SMILES string of the molecule is O=C(N/N=C\c1ccccn1)c1c(O)c2cccc3c2n(c1=O)CC3.